The van der Waals surface area contributed by atoms with Gasteiger partial charge in [-0.15, -0.1) is 5.10 Å². The Kier molecular flexibility index (Phi) is 5.47. The molecule has 4 rings (SSSR count). The zero-order chi connectivity index (χ0) is 20.9. The van der Waals surface area contributed by atoms with Crippen molar-refractivity contribution in [3.05, 3.63) is 94.9 Å². The van der Waals surface area contributed by atoms with Gasteiger partial charge in [0.1, 0.15) is 12.9 Å². The first-order valence-electron chi connectivity index (χ1n) is 9.46. The first-order valence-corrected chi connectivity index (χ1v) is 9.46. The van der Waals surface area contributed by atoms with E-state index < -0.39 is 0 Å². The first-order chi connectivity index (χ1) is 14.6. The normalized spacial score (nSPS) is 10.7. The molecule has 0 aliphatic heterocycles. The molecule has 0 aliphatic carbocycles. The zero-order valence-electron chi connectivity index (χ0n) is 16.4. The molecule has 2 heterocycles. The lowest BCUT2D eigenvalue weighted by Crippen LogP contribution is -2.33. The molecule has 8 heteroatoms. The number of aryl methyl sites for hydroxylation is 1. The SMILES string of the molecule is Cc1cccc(-n2nc(-c3ccccc3)n(CC(=O)NCc3ccncn3)c2=O)c1. The third-order valence-electron chi connectivity index (χ3n) is 4.55. The standard InChI is InChI=1S/C22H20N6O2/c1-16-6-5-9-19(12-16)28-22(30)27(21(26-28)17-7-3-2-4-8-17)14-20(29)24-13-18-10-11-23-15-25-18/h2-12,15H,13-14H2,1H3,(H,24,29). The minimum atomic E-state index is -0.378. The smallest absolute Gasteiger partial charge is 0.349 e. The highest BCUT2D eigenvalue weighted by Crippen LogP contribution is 2.17. The van der Waals surface area contributed by atoms with Crippen LogP contribution in [0.4, 0.5) is 0 Å². The van der Waals surface area contributed by atoms with Gasteiger partial charge >= 0.3 is 5.69 Å². The molecule has 0 radical (unpaired) electrons. The molecular weight excluding hydrogens is 380 g/mol. The molecule has 0 atom stereocenters. The number of carbonyl (C=O) groups is 1. The minimum Gasteiger partial charge on any atom is -0.349 e. The van der Waals surface area contributed by atoms with Crippen molar-refractivity contribution in [1.82, 2.24) is 29.6 Å². The summed E-state index contributed by atoms with van der Waals surface area (Å²) in [5.41, 5.74) is 2.72. The van der Waals surface area contributed by atoms with Crippen molar-refractivity contribution in [1.29, 1.82) is 0 Å². The van der Waals surface area contributed by atoms with Crippen molar-refractivity contribution in [3.8, 4) is 17.1 Å². The van der Waals surface area contributed by atoms with Gasteiger partial charge in [0.05, 0.1) is 17.9 Å². The average molecular weight is 400 g/mol. The average Bonchev–Trinajstić information content (AvgIpc) is 3.10. The van der Waals surface area contributed by atoms with E-state index in [9.17, 15) is 9.59 Å². The summed E-state index contributed by atoms with van der Waals surface area (Å²) in [6.07, 6.45) is 3.03. The highest BCUT2D eigenvalue weighted by molar-refractivity contribution is 5.76. The fourth-order valence-electron chi connectivity index (χ4n) is 3.08. The molecule has 1 amide bonds. The van der Waals surface area contributed by atoms with E-state index in [0.717, 1.165) is 11.1 Å². The lowest BCUT2D eigenvalue weighted by molar-refractivity contribution is -0.121. The quantitative estimate of drug-likeness (QED) is 0.535. The largest absolute Gasteiger partial charge is 0.351 e. The molecule has 8 nitrogen and oxygen atoms in total. The summed E-state index contributed by atoms with van der Waals surface area (Å²) in [5, 5.41) is 7.31. The Morgan fingerprint density at radius 1 is 1.07 bits per heavy atom. The topological polar surface area (TPSA) is 94.7 Å². The van der Waals surface area contributed by atoms with Crippen LogP contribution < -0.4 is 11.0 Å². The van der Waals surface area contributed by atoms with Crippen LogP contribution in [0.15, 0.2) is 78.0 Å². The fraction of sp³-hybridized carbons (Fsp3) is 0.136. The second kappa shape index (κ2) is 8.52. The van der Waals surface area contributed by atoms with Crippen molar-refractivity contribution in [2.24, 2.45) is 0 Å². The van der Waals surface area contributed by atoms with Gasteiger partial charge < -0.3 is 5.32 Å². The monoisotopic (exact) mass is 400 g/mol. The molecule has 2 aromatic heterocycles. The van der Waals surface area contributed by atoms with E-state index in [4.69, 9.17) is 0 Å². The summed E-state index contributed by atoms with van der Waals surface area (Å²) >= 11 is 0. The number of rotatable bonds is 6. The van der Waals surface area contributed by atoms with Gasteiger partial charge in [-0.25, -0.2) is 14.8 Å². The lowest BCUT2D eigenvalue weighted by atomic mass is 10.2. The van der Waals surface area contributed by atoms with Crippen molar-refractivity contribution in [3.63, 3.8) is 0 Å². The van der Waals surface area contributed by atoms with Crippen molar-refractivity contribution in [2.45, 2.75) is 20.0 Å². The number of amides is 1. The number of aromatic nitrogens is 5. The third-order valence-corrected chi connectivity index (χ3v) is 4.55. The summed E-state index contributed by atoms with van der Waals surface area (Å²) in [5.74, 6) is 0.121. The summed E-state index contributed by atoms with van der Waals surface area (Å²) < 4.78 is 2.71. The second-order valence-corrected chi connectivity index (χ2v) is 6.79. The van der Waals surface area contributed by atoms with Gasteiger partial charge in [0.2, 0.25) is 5.91 Å². The van der Waals surface area contributed by atoms with Crippen LogP contribution in [0.25, 0.3) is 17.1 Å². The van der Waals surface area contributed by atoms with Crippen molar-refractivity contribution < 1.29 is 4.79 Å². The zero-order valence-corrected chi connectivity index (χ0v) is 16.4. The highest BCUT2D eigenvalue weighted by atomic mass is 16.2. The molecule has 4 aromatic rings. The van der Waals surface area contributed by atoms with Gasteiger partial charge in [-0.3, -0.25) is 9.36 Å². The second-order valence-electron chi connectivity index (χ2n) is 6.79. The van der Waals surface area contributed by atoms with Gasteiger partial charge in [0.25, 0.3) is 0 Å². The number of nitrogens with zero attached hydrogens (tertiary/aromatic N) is 5. The Hall–Kier alpha value is -4.07. The summed E-state index contributed by atoms with van der Waals surface area (Å²) in [6, 6.07) is 18.6. The van der Waals surface area contributed by atoms with Crippen LogP contribution in [0.2, 0.25) is 0 Å². The summed E-state index contributed by atoms with van der Waals surface area (Å²) in [6.45, 7) is 2.05. The van der Waals surface area contributed by atoms with E-state index in [1.54, 1.807) is 12.3 Å². The van der Waals surface area contributed by atoms with Crippen molar-refractivity contribution >= 4 is 5.91 Å². The van der Waals surface area contributed by atoms with Crippen LogP contribution in [-0.2, 0) is 17.9 Å². The van der Waals surface area contributed by atoms with Crippen LogP contribution in [0.5, 0.6) is 0 Å². The van der Waals surface area contributed by atoms with E-state index in [0.29, 0.717) is 17.2 Å². The predicted molar refractivity (Wildman–Crippen MR) is 112 cm³/mol. The Labute approximate surface area is 172 Å². The fourth-order valence-corrected chi connectivity index (χ4v) is 3.08. The predicted octanol–water partition coefficient (Wildman–Crippen LogP) is 2.12. The maximum Gasteiger partial charge on any atom is 0.351 e. The molecule has 0 unspecified atom stereocenters. The lowest BCUT2D eigenvalue weighted by Gasteiger charge is -2.07. The summed E-state index contributed by atoms with van der Waals surface area (Å²) in [7, 11) is 0. The molecule has 0 saturated carbocycles. The molecule has 1 N–H and O–H groups in total. The Bertz CT molecular complexity index is 1220. The Morgan fingerprint density at radius 3 is 2.63 bits per heavy atom. The minimum absolute atomic E-state index is 0.153. The van der Waals surface area contributed by atoms with Crippen LogP contribution in [0.1, 0.15) is 11.3 Å². The van der Waals surface area contributed by atoms with E-state index in [-0.39, 0.29) is 24.7 Å². The molecule has 30 heavy (non-hydrogen) atoms. The molecule has 150 valence electrons. The van der Waals surface area contributed by atoms with E-state index >= 15 is 0 Å². The molecule has 0 fully saturated rings. The van der Waals surface area contributed by atoms with E-state index in [2.05, 4.69) is 20.4 Å². The number of hydrogen-bond donors (Lipinski definition) is 1. The number of nitrogens with one attached hydrogen (secondary N) is 1. The van der Waals surface area contributed by atoms with Crippen LogP contribution >= 0.6 is 0 Å². The van der Waals surface area contributed by atoms with Gasteiger partial charge in [-0.1, -0.05) is 42.5 Å². The Morgan fingerprint density at radius 2 is 1.90 bits per heavy atom. The van der Waals surface area contributed by atoms with Crippen LogP contribution in [-0.4, -0.2) is 30.2 Å². The highest BCUT2D eigenvalue weighted by Gasteiger charge is 2.18. The number of hydrogen-bond acceptors (Lipinski definition) is 5. The first kappa shape index (κ1) is 19.3. The van der Waals surface area contributed by atoms with Gasteiger partial charge in [-0.2, -0.15) is 4.68 Å². The third kappa shape index (κ3) is 4.17. The Balaban J connectivity index is 1.67. The van der Waals surface area contributed by atoms with Gasteiger partial charge in [0, 0.05) is 11.8 Å². The maximum atomic E-state index is 13.1. The summed E-state index contributed by atoms with van der Waals surface area (Å²) in [4.78, 5) is 33.7. The molecule has 0 bridgehead atoms. The molecule has 2 aromatic carbocycles. The van der Waals surface area contributed by atoms with Crippen LogP contribution in [0, 0.1) is 6.92 Å². The van der Waals surface area contributed by atoms with Crippen molar-refractivity contribution in [2.75, 3.05) is 0 Å². The van der Waals surface area contributed by atoms with E-state index in [1.807, 2.05) is 61.5 Å². The molecule has 0 aliphatic rings. The molecular formula is C22H20N6O2. The van der Waals surface area contributed by atoms with Gasteiger partial charge in [-0.05, 0) is 30.7 Å². The number of carbonyl (C=O) groups excluding carboxylic acids is 1. The van der Waals surface area contributed by atoms with Gasteiger partial charge in [0.15, 0.2) is 5.82 Å². The number of benzene rings is 2. The van der Waals surface area contributed by atoms with Crippen LogP contribution in [0.3, 0.4) is 0 Å². The van der Waals surface area contributed by atoms with E-state index in [1.165, 1.54) is 15.6 Å². The maximum absolute atomic E-state index is 13.1. The molecule has 0 spiro atoms. The molecule has 0 saturated heterocycles.